The molecule has 0 bridgehead atoms. The fourth-order valence-corrected chi connectivity index (χ4v) is 6.45. The Hall–Kier alpha value is -6.59. The zero-order chi connectivity index (χ0) is 32.0. The van der Waals surface area contributed by atoms with Crippen LogP contribution in [0, 0.1) is 0 Å². The number of allylic oxidation sites excluding steroid dienone is 4. The number of fused-ring (bicyclic) bond motifs is 5. The summed E-state index contributed by atoms with van der Waals surface area (Å²) in [6.07, 6.45) is 5.79. The van der Waals surface area contributed by atoms with Gasteiger partial charge in [0.25, 0.3) is 0 Å². The molecule has 5 heteroatoms. The summed E-state index contributed by atoms with van der Waals surface area (Å²) in [7, 11) is 0. The molecule has 0 amide bonds. The summed E-state index contributed by atoms with van der Waals surface area (Å²) in [6, 6.07) is 44.7. The first-order valence-electron chi connectivity index (χ1n) is 15.8. The van der Waals surface area contributed by atoms with Gasteiger partial charge in [0.15, 0.2) is 17.5 Å². The van der Waals surface area contributed by atoms with Crippen LogP contribution in [0.2, 0.25) is 0 Å². The van der Waals surface area contributed by atoms with Gasteiger partial charge in [-0.1, -0.05) is 110 Å². The van der Waals surface area contributed by atoms with Crippen LogP contribution in [0.5, 0.6) is 5.75 Å². The summed E-state index contributed by atoms with van der Waals surface area (Å²) in [4.78, 5) is 15.4. The number of ether oxygens (including phenoxy) is 1. The molecule has 5 nitrogen and oxygen atoms in total. The summed E-state index contributed by atoms with van der Waals surface area (Å²) in [5.74, 6) is 2.48. The van der Waals surface area contributed by atoms with E-state index in [-0.39, 0.29) is 0 Å². The SMILES string of the molecule is C=C1/C=C(c2ccc3oc4ccccc4c3c2-c2nc(-c3ccccc3)nc(-c3ccc4ccccc4c3)n2)\C=C/Oc2ccccc21. The maximum absolute atomic E-state index is 6.40. The van der Waals surface area contributed by atoms with Crippen LogP contribution < -0.4 is 4.74 Å². The Morgan fingerprint density at radius 2 is 1.27 bits per heavy atom. The molecule has 8 aromatic rings. The predicted octanol–water partition coefficient (Wildman–Crippen LogP) is 10.9. The number of para-hydroxylation sites is 2. The average molecular weight is 618 g/mol. The number of aromatic nitrogens is 3. The summed E-state index contributed by atoms with van der Waals surface area (Å²) >= 11 is 0. The van der Waals surface area contributed by atoms with Crippen molar-refractivity contribution in [1.82, 2.24) is 15.0 Å². The molecule has 0 aliphatic carbocycles. The first-order chi connectivity index (χ1) is 23.7. The number of hydrogen-bond acceptors (Lipinski definition) is 5. The van der Waals surface area contributed by atoms with Crippen LogP contribution >= 0.6 is 0 Å². The number of rotatable bonds is 4. The third kappa shape index (κ3) is 4.77. The molecule has 3 heterocycles. The molecule has 48 heavy (non-hydrogen) atoms. The van der Waals surface area contributed by atoms with Gasteiger partial charge in [0.1, 0.15) is 16.9 Å². The molecule has 0 atom stereocenters. The average Bonchev–Trinajstić information content (AvgIpc) is 3.52. The van der Waals surface area contributed by atoms with Crippen molar-refractivity contribution >= 4 is 43.9 Å². The van der Waals surface area contributed by atoms with Crippen molar-refractivity contribution in [1.29, 1.82) is 0 Å². The first kappa shape index (κ1) is 27.7. The molecule has 0 saturated carbocycles. The second-order valence-corrected chi connectivity index (χ2v) is 11.7. The Balaban J connectivity index is 1.35. The molecule has 0 saturated heterocycles. The number of benzene rings is 6. The Morgan fingerprint density at radius 1 is 0.542 bits per heavy atom. The number of nitrogens with zero attached hydrogens (tertiary/aromatic N) is 3. The first-order valence-corrected chi connectivity index (χ1v) is 15.8. The van der Waals surface area contributed by atoms with Crippen molar-refractivity contribution in [2.45, 2.75) is 0 Å². The van der Waals surface area contributed by atoms with Crippen molar-refractivity contribution in [3.63, 3.8) is 0 Å². The molecule has 0 unspecified atom stereocenters. The smallest absolute Gasteiger partial charge is 0.165 e. The third-order valence-electron chi connectivity index (χ3n) is 8.76. The van der Waals surface area contributed by atoms with Crippen LogP contribution in [0.15, 0.2) is 163 Å². The van der Waals surface area contributed by atoms with Crippen molar-refractivity contribution in [3.05, 3.63) is 170 Å². The van der Waals surface area contributed by atoms with E-state index in [2.05, 4.69) is 55.1 Å². The van der Waals surface area contributed by atoms with Crippen molar-refractivity contribution < 1.29 is 9.15 Å². The molecule has 226 valence electrons. The van der Waals surface area contributed by atoms with E-state index >= 15 is 0 Å². The molecule has 0 fully saturated rings. The van der Waals surface area contributed by atoms with Crippen LogP contribution in [0.25, 0.3) is 78.0 Å². The highest BCUT2D eigenvalue weighted by Crippen LogP contribution is 2.42. The van der Waals surface area contributed by atoms with Crippen molar-refractivity contribution in [2.24, 2.45) is 0 Å². The summed E-state index contributed by atoms with van der Waals surface area (Å²) < 4.78 is 12.5. The van der Waals surface area contributed by atoms with E-state index in [1.54, 1.807) is 6.26 Å². The minimum absolute atomic E-state index is 0.544. The van der Waals surface area contributed by atoms with Gasteiger partial charge in [-0.2, -0.15) is 0 Å². The Bertz CT molecular complexity index is 2610. The highest BCUT2D eigenvalue weighted by atomic mass is 16.5. The molecule has 6 aromatic carbocycles. The van der Waals surface area contributed by atoms with Gasteiger partial charge in [-0.05, 0) is 70.0 Å². The summed E-state index contributed by atoms with van der Waals surface area (Å²) in [6.45, 7) is 4.42. The topological polar surface area (TPSA) is 61.0 Å². The Kier molecular flexibility index (Phi) is 6.54. The maximum atomic E-state index is 6.40. The van der Waals surface area contributed by atoms with Crippen LogP contribution in [0.1, 0.15) is 11.1 Å². The highest BCUT2D eigenvalue weighted by Gasteiger charge is 2.23. The lowest BCUT2D eigenvalue weighted by Gasteiger charge is -2.16. The molecule has 0 spiro atoms. The highest BCUT2D eigenvalue weighted by molar-refractivity contribution is 6.15. The zero-order valence-electron chi connectivity index (χ0n) is 25.8. The minimum atomic E-state index is 0.544. The monoisotopic (exact) mass is 617 g/mol. The lowest BCUT2D eigenvalue weighted by molar-refractivity contribution is 0.480. The van der Waals surface area contributed by atoms with Crippen LogP contribution in [0.3, 0.4) is 0 Å². The van der Waals surface area contributed by atoms with E-state index in [1.165, 1.54) is 0 Å². The van der Waals surface area contributed by atoms with Crippen LogP contribution in [-0.2, 0) is 0 Å². The van der Waals surface area contributed by atoms with Gasteiger partial charge in [0, 0.05) is 33.0 Å². The molecule has 0 N–H and O–H groups in total. The van der Waals surface area contributed by atoms with Crippen LogP contribution in [0.4, 0.5) is 0 Å². The second kappa shape index (κ2) is 11.3. The Morgan fingerprint density at radius 3 is 2.17 bits per heavy atom. The maximum Gasteiger partial charge on any atom is 0.165 e. The fraction of sp³-hybridized carbons (Fsp3) is 0. The van der Waals surface area contributed by atoms with E-state index < -0.39 is 0 Å². The lowest BCUT2D eigenvalue weighted by atomic mass is 9.92. The fourth-order valence-electron chi connectivity index (χ4n) is 6.45. The van der Waals surface area contributed by atoms with Gasteiger partial charge in [-0.3, -0.25) is 0 Å². The van der Waals surface area contributed by atoms with Gasteiger partial charge in [-0.25, -0.2) is 15.0 Å². The van der Waals surface area contributed by atoms with Gasteiger partial charge < -0.3 is 9.15 Å². The van der Waals surface area contributed by atoms with Gasteiger partial charge in [0.2, 0.25) is 0 Å². The summed E-state index contributed by atoms with van der Waals surface area (Å²) in [5.41, 5.74) is 7.79. The largest absolute Gasteiger partial charge is 0.464 e. The van der Waals surface area contributed by atoms with E-state index in [0.717, 1.165) is 77.4 Å². The lowest BCUT2D eigenvalue weighted by Crippen LogP contribution is -2.03. The third-order valence-corrected chi connectivity index (χ3v) is 8.76. The molecule has 1 aliphatic heterocycles. The van der Waals surface area contributed by atoms with Gasteiger partial charge in [-0.15, -0.1) is 0 Å². The Labute approximate surface area is 276 Å². The summed E-state index contributed by atoms with van der Waals surface area (Å²) in [5, 5.41) is 4.18. The van der Waals surface area contributed by atoms with E-state index in [4.69, 9.17) is 24.1 Å². The molecule has 2 aromatic heterocycles. The zero-order valence-corrected chi connectivity index (χ0v) is 25.8. The molecule has 0 radical (unpaired) electrons. The van der Waals surface area contributed by atoms with Gasteiger partial charge in [0.05, 0.1) is 6.26 Å². The van der Waals surface area contributed by atoms with Gasteiger partial charge >= 0.3 is 0 Å². The molecule has 1 aliphatic rings. The van der Waals surface area contributed by atoms with E-state index in [1.807, 2.05) is 97.1 Å². The van der Waals surface area contributed by atoms with E-state index in [9.17, 15) is 0 Å². The molecular weight excluding hydrogens is 590 g/mol. The number of furan rings is 1. The van der Waals surface area contributed by atoms with E-state index in [0.29, 0.717) is 17.5 Å². The molecular formula is C43H27N3O2. The van der Waals surface area contributed by atoms with Crippen LogP contribution in [-0.4, -0.2) is 15.0 Å². The van der Waals surface area contributed by atoms with Crippen molar-refractivity contribution in [2.75, 3.05) is 0 Å². The minimum Gasteiger partial charge on any atom is -0.464 e. The number of hydrogen-bond donors (Lipinski definition) is 0. The van der Waals surface area contributed by atoms with Crippen molar-refractivity contribution in [3.8, 4) is 39.9 Å². The standard InChI is InChI=1S/C43H27N3O2/c1-27-25-31(23-24-47-36-17-9-7-15-33(27)36)34-21-22-38-39(35-16-8-10-18-37(35)48-38)40(34)43-45-41(29-12-3-2-4-13-29)44-42(46-43)32-20-19-28-11-5-6-14-30(28)26-32/h2-26H,1H2/b24-23-,31-25+. The second-order valence-electron chi connectivity index (χ2n) is 11.7. The normalized spacial score (nSPS) is 14.6. The predicted molar refractivity (Wildman–Crippen MR) is 194 cm³/mol. The molecule has 9 rings (SSSR count). The quantitative estimate of drug-likeness (QED) is 0.197.